The van der Waals surface area contributed by atoms with Crippen LogP contribution in [0.1, 0.15) is 5.69 Å². The van der Waals surface area contributed by atoms with Crippen LogP contribution in [0, 0.1) is 11.7 Å². The van der Waals surface area contributed by atoms with E-state index in [1.807, 2.05) is 35.9 Å². The Morgan fingerprint density at radius 1 is 1.47 bits per heavy atom. The summed E-state index contributed by atoms with van der Waals surface area (Å²) in [6.07, 6.45) is 1.87. The highest BCUT2D eigenvalue weighted by Crippen LogP contribution is 2.26. The molecule has 1 aromatic heterocycles. The number of imidazole rings is 1. The molecule has 0 saturated carbocycles. The number of halogens is 2. The second kappa shape index (κ2) is 4.12. The molecule has 0 atom stereocenters. The number of benzene rings is 1. The smallest absolute Gasteiger partial charge is 0.182 e. The summed E-state index contributed by atoms with van der Waals surface area (Å²) in [4.78, 5) is 3.00. The van der Waals surface area contributed by atoms with Crippen LogP contribution in [-0.4, -0.2) is 9.55 Å². The van der Waals surface area contributed by atoms with Gasteiger partial charge < -0.3 is 4.98 Å². The number of aromatic amines is 1. The molecule has 0 aliphatic heterocycles. The first-order chi connectivity index (χ1) is 7.09. The van der Waals surface area contributed by atoms with Crippen molar-refractivity contribution in [2.45, 2.75) is 6.92 Å². The summed E-state index contributed by atoms with van der Waals surface area (Å²) < 4.78 is 3.56. The third kappa shape index (κ3) is 2.02. The van der Waals surface area contributed by atoms with Gasteiger partial charge in [-0.3, -0.25) is 4.57 Å². The molecule has 1 N–H and O–H groups in total. The van der Waals surface area contributed by atoms with E-state index in [-0.39, 0.29) is 0 Å². The maximum absolute atomic E-state index is 5.96. The highest BCUT2D eigenvalue weighted by molar-refractivity contribution is 9.10. The SMILES string of the molecule is Cc1c[nH]c(=S)n1-c1cc(Cl)ccc1Br. The number of aryl methyl sites for hydroxylation is 1. The van der Waals surface area contributed by atoms with Crippen LogP contribution in [0.2, 0.25) is 5.02 Å². The fourth-order valence-electron chi connectivity index (χ4n) is 1.41. The van der Waals surface area contributed by atoms with Gasteiger partial charge in [-0.05, 0) is 53.3 Å². The zero-order valence-electron chi connectivity index (χ0n) is 7.92. The third-order valence-electron chi connectivity index (χ3n) is 2.11. The number of hydrogen-bond donors (Lipinski definition) is 1. The number of hydrogen-bond acceptors (Lipinski definition) is 1. The van der Waals surface area contributed by atoms with Gasteiger partial charge in [0.2, 0.25) is 0 Å². The van der Waals surface area contributed by atoms with Crippen LogP contribution >= 0.6 is 39.7 Å². The molecule has 2 nitrogen and oxygen atoms in total. The molecular formula is C10H8BrClN2S. The number of rotatable bonds is 1. The van der Waals surface area contributed by atoms with E-state index >= 15 is 0 Å². The molecule has 0 radical (unpaired) electrons. The summed E-state index contributed by atoms with van der Waals surface area (Å²) in [5.41, 5.74) is 1.99. The minimum atomic E-state index is 0.662. The molecule has 0 saturated heterocycles. The van der Waals surface area contributed by atoms with Gasteiger partial charge in [0.25, 0.3) is 0 Å². The lowest BCUT2D eigenvalue weighted by atomic mass is 10.3. The monoisotopic (exact) mass is 302 g/mol. The minimum absolute atomic E-state index is 0.662. The Bertz CT molecular complexity index is 559. The van der Waals surface area contributed by atoms with E-state index in [4.69, 9.17) is 23.8 Å². The molecule has 0 fully saturated rings. The minimum Gasteiger partial charge on any atom is -0.337 e. The fourth-order valence-corrected chi connectivity index (χ4v) is 2.30. The zero-order chi connectivity index (χ0) is 11.0. The molecule has 5 heteroatoms. The zero-order valence-corrected chi connectivity index (χ0v) is 11.1. The molecule has 1 heterocycles. The van der Waals surface area contributed by atoms with E-state index in [1.165, 1.54) is 0 Å². The third-order valence-corrected chi connectivity index (χ3v) is 3.32. The molecule has 2 aromatic rings. The van der Waals surface area contributed by atoms with Crippen LogP contribution in [0.3, 0.4) is 0 Å². The number of nitrogens with one attached hydrogen (secondary N) is 1. The maximum Gasteiger partial charge on any atom is 0.182 e. The Morgan fingerprint density at radius 3 is 2.80 bits per heavy atom. The summed E-state index contributed by atoms with van der Waals surface area (Å²) in [7, 11) is 0. The van der Waals surface area contributed by atoms with Crippen molar-refractivity contribution in [1.82, 2.24) is 9.55 Å². The fraction of sp³-hybridized carbons (Fsp3) is 0.100. The Morgan fingerprint density at radius 2 is 2.20 bits per heavy atom. The van der Waals surface area contributed by atoms with Gasteiger partial charge in [-0.25, -0.2) is 0 Å². The van der Waals surface area contributed by atoms with Crippen LogP contribution in [-0.2, 0) is 0 Å². The van der Waals surface area contributed by atoms with Crippen LogP contribution in [0.15, 0.2) is 28.9 Å². The van der Waals surface area contributed by atoms with E-state index in [2.05, 4.69) is 20.9 Å². The summed E-state index contributed by atoms with van der Waals surface area (Å²) in [5, 5.41) is 0.690. The van der Waals surface area contributed by atoms with Gasteiger partial charge in [-0.1, -0.05) is 11.6 Å². The Balaban J connectivity index is 2.74. The van der Waals surface area contributed by atoms with E-state index < -0.39 is 0 Å². The first kappa shape index (κ1) is 10.9. The summed E-state index contributed by atoms with van der Waals surface area (Å²) in [6.45, 7) is 1.99. The van der Waals surface area contributed by atoms with Crippen LogP contribution < -0.4 is 0 Å². The second-order valence-corrected chi connectivity index (χ2v) is 4.84. The Hall–Kier alpha value is -0.580. The van der Waals surface area contributed by atoms with Crippen molar-refractivity contribution in [3.63, 3.8) is 0 Å². The van der Waals surface area contributed by atoms with E-state index in [1.54, 1.807) is 0 Å². The lowest BCUT2D eigenvalue weighted by Crippen LogP contribution is -1.97. The normalized spacial score (nSPS) is 10.6. The molecule has 2 rings (SSSR count). The van der Waals surface area contributed by atoms with E-state index in [0.29, 0.717) is 9.79 Å². The van der Waals surface area contributed by atoms with Gasteiger partial charge in [0.1, 0.15) is 0 Å². The van der Waals surface area contributed by atoms with E-state index in [9.17, 15) is 0 Å². The van der Waals surface area contributed by atoms with Gasteiger partial charge in [0.05, 0.1) is 5.69 Å². The number of nitrogens with zero attached hydrogens (tertiary/aromatic N) is 1. The van der Waals surface area contributed by atoms with Gasteiger partial charge in [-0.15, -0.1) is 0 Å². The molecule has 15 heavy (non-hydrogen) atoms. The lowest BCUT2D eigenvalue weighted by molar-refractivity contribution is 0.979. The van der Waals surface area contributed by atoms with Crippen LogP contribution in [0.5, 0.6) is 0 Å². The van der Waals surface area contributed by atoms with Gasteiger partial charge >= 0.3 is 0 Å². The van der Waals surface area contributed by atoms with Gasteiger partial charge in [0.15, 0.2) is 4.77 Å². The molecular weight excluding hydrogens is 296 g/mol. The van der Waals surface area contributed by atoms with Crippen molar-refractivity contribution in [2.75, 3.05) is 0 Å². The molecule has 0 bridgehead atoms. The molecule has 0 unspecified atom stereocenters. The van der Waals surface area contributed by atoms with Crippen molar-refractivity contribution >= 4 is 39.7 Å². The Kier molecular flexibility index (Phi) is 3.00. The summed E-state index contributed by atoms with van der Waals surface area (Å²) in [6, 6.07) is 5.62. The van der Waals surface area contributed by atoms with Crippen molar-refractivity contribution in [3.8, 4) is 5.69 Å². The predicted molar refractivity (Wildman–Crippen MR) is 68.4 cm³/mol. The maximum atomic E-state index is 5.96. The average Bonchev–Trinajstić information content (AvgIpc) is 2.51. The molecule has 78 valence electrons. The Labute approximate surface area is 106 Å². The van der Waals surface area contributed by atoms with Crippen LogP contribution in [0.4, 0.5) is 0 Å². The van der Waals surface area contributed by atoms with Gasteiger partial charge in [0, 0.05) is 21.4 Å². The molecule has 0 aliphatic rings. The first-order valence-corrected chi connectivity index (χ1v) is 5.90. The molecule has 0 aliphatic carbocycles. The number of H-pyrrole nitrogens is 1. The van der Waals surface area contributed by atoms with Crippen molar-refractivity contribution in [1.29, 1.82) is 0 Å². The van der Waals surface area contributed by atoms with E-state index in [0.717, 1.165) is 15.9 Å². The van der Waals surface area contributed by atoms with Gasteiger partial charge in [-0.2, -0.15) is 0 Å². The van der Waals surface area contributed by atoms with Crippen molar-refractivity contribution in [3.05, 3.63) is 44.4 Å². The summed E-state index contributed by atoms with van der Waals surface area (Å²) in [5.74, 6) is 0. The molecule has 0 spiro atoms. The quantitative estimate of drug-likeness (QED) is 0.781. The second-order valence-electron chi connectivity index (χ2n) is 3.17. The molecule has 0 amide bonds. The standard InChI is InChI=1S/C10H8BrClN2S/c1-6-5-13-10(15)14(6)9-4-7(12)2-3-8(9)11/h2-5H,1H3,(H,13,15). The highest BCUT2D eigenvalue weighted by atomic mass is 79.9. The average molecular weight is 304 g/mol. The lowest BCUT2D eigenvalue weighted by Gasteiger charge is -2.08. The molecule has 1 aromatic carbocycles. The number of aromatic nitrogens is 2. The first-order valence-electron chi connectivity index (χ1n) is 4.32. The summed E-state index contributed by atoms with van der Waals surface area (Å²) >= 11 is 14.6. The highest BCUT2D eigenvalue weighted by Gasteiger charge is 2.07. The largest absolute Gasteiger partial charge is 0.337 e. The predicted octanol–water partition coefficient (Wildman–Crippen LogP) is 4.26. The van der Waals surface area contributed by atoms with Crippen molar-refractivity contribution in [2.24, 2.45) is 0 Å². The topological polar surface area (TPSA) is 20.7 Å². The van der Waals surface area contributed by atoms with Crippen molar-refractivity contribution < 1.29 is 0 Å². The van der Waals surface area contributed by atoms with Crippen LogP contribution in [0.25, 0.3) is 5.69 Å².